The first-order valence-corrected chi connectivity index (χ1v) is 5.81. The molecule has 0 aliphatic carbocycles. The Hall–Kier alpha value is -0.570. The zero-order valence-electron chi connectivity index (χ0n) is 10.4. The molecule has 3 heteroatoms. The van der Waals surface area contributed by atoms with Gasteiger partial charge in [0.05, 0.1) is 18.8 Å². The van der Waals surface area contributed by atoms with Gasteiger partial charge in [-0.25, -0.2) is 0 Å². The van der Waals surface area contributed by atoms with Crippen molar-refractivity contribution in [1.82, 2.24) is 4.90 Å². The van der Waals surface area contributed by atoms with Gasteiger partial charge < -0.3 is 9.64 Å². The van der Waals surface area contributed by atoms with E-state index in [-0.39, 0.29) is 11.4 Å². The van der Waals surface area contributed by atoms with Crippen molar-refractivity contribution in [1.29, 1.82) is 0 Å². The highest BCUT2D eigenvalue weighted by Crippen LogP contribution is 2.20. The number of rotatable bonds is 3. The molecule has 0 aromatic heterocycles. The number of amides is 1. The van der Waals surface area contributed by atoms with Crippen molar-refractivity contribution in [3.05, 3.63) is 0 Å². The van der Waals surface area contributed by atoms with Gasteiger partial charge in [-0.05, 0) is 26.2 Å². The first-order valence-electron chi connectivity index (χ1n) is 5.81. The normalized spacial score (nSPS) is 20.7. The lowest BCUT2D eigenvalue weighted by atomic mass is 10.0. The summed E-state index contributed by atoms with van der Waals surface area (Å²) in [5.41, 5.74) is -0.133. The molecule has 1 aliphatic rings. The van der Waals surface area contributed by atoms with Crippen molar-refractivity contribution in [2.24, 2.45) is 5.92 Å². The van der Waals surface area contributed by atoms with Crippen LogP contribution in [-0.4, -0.2) is 36.1 Å². The average molecular weight is 213 g/mol. The van der Waals surface area contributed by atoms with Crippen molar-refractivity contribution >= 4 is 5.91 Å². The summed E-state index contributed by atoms with van der Waals surface area (Å²) in [6.07, 6.45) is 1.65. The molecule has 1 rings (SSSR count). The fourth-order valence-corrected chi connectivity index (χ4v) is 1.87. The molecule has 88 valence electrons. The summed E-state index contributed by atoms with van der Waals surface area (Å²) in [6, 6.07) is 0. The smallest absolute Gasteiger partial charge is 0.223 e. The van der Waals surface area contributed by atoms with Crippen LogP contribution in [0.25, 0.3) is 0 Å². The van der Waals surface area contributed by atoms with Gasteiger partial charge in [-0.3, -0.25) is 4.79 Å². The SMILES string of the molecule is CC(C)CCC(=O)N1CCOCC1(C)C. The van der Waals surface area contributed by atoms with E-state index in [4.69, 9.17) is 4.74 Å². The van der Waals surface area contributed by atoms with Crippen molar-refractivity contribution in [2.45, 2.75) is 46.1 Å². The molecule has 0 aromatic rings. The third-order valence-electron chi connectivity index (χ3n) is 2.88. The molecular weight excluding hydrogens is 190 g/mol. The first kappa shape index (κ1) is 12.5. The van der Waals surface area contributed by atoms with Crippen LogP contribution < -0.4 is 0 Å². The number of hydrogen-bond donors (Lipinski definition) is 0. The minimum atomic E-state index is -0.133. The molecular formula is C12H23NO2. The van der Waals surface area contributed by atoms with Crippen molar-refractivity contribution in [2.75, 3.05) is 19.8 Å². The molecule has 0 aromatic carbocycles. The molecule has 0 saturated carbocycles. The summed E-state index contributed by atoms with van der Waals surface area (Å²) in [6.45, 7) is 10.5. The third kappa shape index (κ3) is 3.49. The Labute approximate surface area is 92.8 Å². The maximum absolute atomic E-state index is 12.0. The van der Waals surface area contributed by atoms with Gasteiger partial charge in [0, 0.05) is 13.0 Å². The van der Waals surface area contributed by atoms with E-state index in [1.807, 2.05) is 4.90 Å². The number of morpholine rings is 1. The summed E-state index contributed by atoms with van der Waals surface area (Å²) >= 11 is 0. The minimum absolute atomic E-state index is 0.133. The molecule has 1 saturated heterocycles. The second-order valence-corrected chi connectivity index (χ2v) is 5.34. The summed E-state index contributed by atoms with van der Waals surface area (Å²) in [7, 11) is 0. The molecule has 1 fully saturated rings. The van der Waals surface area contributed by atoms with Gasteiger partial charge in [-0.2, -0.15) is 0 Å². The summed E-state index contributed by atoms with van der Waals surface area (Å²) < 4.78 is 5.40. The van der Waals surface area contributed by atoms with E-state index in [2.05, 4.69) is 27.7 Å². The van der Waals surface area contributed by atoms with Gasteiger partial charge in [0.15, 0.2) is 0 Å². The lowest BCUT2D eigenvalue weighted by Crippen LogP contribution is -2.55. The van der Waals surface area contributed by atoms with Crippen LogP contribution in [0.15, 0.2) is 0 Å². The number of carbonyl (C=O) groups is 1. The Morgan fingerprint density at radius 3 is 2.67 bits per heavy atom. The van der Waals surface area contributed by atoms with E-state index in [0.29, 0.717) is 25.6 Å². The Morgan fingerprint density at radius 2 is 2.13 bits per heavy atom. The van der Waals surface area contributed by atoms with Crippen LogP contribution in [0.3, 0.4) is 0 Å². The molecule has 3 nitrogen and oxygen atoms in total. The Bertz CT molecular complexity index is 224. The molecule has 1 heterocycles. The van der Waals surface area contributed by atoms with Crippen molar-refractivity contribution < 1.29 is 9.53 Å². The highest BCUT2D eigenvalue weighted by Gasteiger charge is 2.33. The van der Waals surface area contributed by atoms with Crippen LogP contribution in [0.2, 0.25) is 0 Å². The molecule has 0 radical (unpaired) electrons. The monoisotopic (exact) mass is 213 g/mol. The van der Waals surface area contributed by atoms with Gasteiger partial charge >= 0.3 is 0 Å². The molecule has 15 heavy (non-hydrogen) atoms. The van der Waals surface area contributed by atoms with E-state index in [0.717, 1.165) is 13.0 Å². The lowest BCUT2D eigenvalue weighted by molar-refractivity contribution is -0.146. The number of carbonyl (C=O) groups excluding carboxylic acids is 1. The number of hydrogen-bond acceptors (Lipinski definition) is 2. The predicted octanol–water partition coefficient (Wildman–Crippen LogP) is 2.06. The molecule has 1 amide bonds. The highest BCUT2D eigenvalue weighted by atomic mass is 16.5. The number of nitrogens with zero attached hydrogens (tertiary/aromatic N) is 1. The van der Waals surface area contributed by atoms with Gasteiger partial charge in [-0.1, -0.05) is 13.8 Å². The lowest BCUT2D eigenvalue weighted by Gasteiger charge is -2.42. The fourth-order valence-electron chi connectivity index (χ4n) is 1.87. The Kier molecular flexibility index (Phi) is 4.14. The summed E-state index contributed by atoms with van der Waals surface area (Å²) in [5, 5.41) is 0. The predicted molar refractivity (Wildman–Crippen MR) is 60.7 cm³/mol. The molecule has 0 atom stereocenters. The van der Waals surface area contributed by atoms with E-state index < -0.39 is 0 Å². The molecule has 0 spiro atoms. The van der Waals surface area contributed by atoms with E-state index in [1.165, 1.54) is 0 Å². The topological polar surface area (TPSA) is 29.5 Å². The van der Waals surface area contributed by atoms with Gasteiger partial charge in [0.2, 0.25) is 5.91 Å². The van der Waals surface area contributed by atoms with Crippen LogP contribution in [0.4, 0.5) is 0 Å². The Balaban J connectivity index is 2.49. The second-order valence-electron chi connectivity index (χ2n) is 5.34. The fraction of sp³-hybridized carbons (Fsp3) is 0.917. The van der Waals surface area contributed by atoms with Crippen LogP contribution >= 0.6 is 0 Å². The quantitative estimate of drug-likeness (QED) is 0.718. The standard InChI is InChI=1S/C12H23NO2/c1-10(2)5-6-11(14)13-7-8-15-9-12(13,3)4/h10H,5-9H2,1-4H3. The van der Waals surface area contributed by atoms with E-state index >= 15 is 0 Å². The maximum atomic E-state index is 12.0. The zero-order valence-corrected chi connectivity index (χ0v) is 10.4. The van der Waals surface area contributed by atoms with Crippen molar-refractivity contribution in [3.63, 3.8) is 0 Å². The zero-order chi connectivity index (χ0) is 11.5. The average Bonchev–Trinajstić information content (AvgIpc) is 2.13. The van der Waals surface area contributed by atoms with E-state index in [9.17, 15) is 4.79 Å². The first-order chi connectivity index (χ1) is 6.93. The third-order valence-corrected chi connectivity index (χ3v) is 2.88. The van der Waals surface area contributed by atoms with Crippen LogP contribution in [0.5, 0.6) is 0 Å². The van der Waals surface area contributed by atoms with E-state index in [1.54, 1.807) is 0 Å². The molecule has 0 bridgehead atoms. The number of ether oxygens (including phenoxy) is 1. The summed E-state index contributed by atoms with van der Waals surface area (Å²) in [4.78, 5) is 14.0. The van der Waals surface area contributed by atoms with Crippen LogP contribution in [0.1, 0.15) is 40.5 Å². The second kappa shape index (κ2) is 4.97. The molecule has 0 N–H and O–H groups in total. The Morgan fingerprint density at radius 1 is 1.47 bits per heavy atom. The molecule has 0 unspecified atom stereocenters. The minimum Gasteiger partial charge on any atom is -0.377 e. The van der Waals surface area contributed by atoms with Gasteiger partial charge in [0.25, 0.3) is 0 Å². The molecule has 1 aliphatic heterocycles. The van der Waals surface area contributed by atoms with Gasteiger partial charge in [-0.15, -0.1) is 0 Å². The van der Waals surface area contributed by atoms with Gasteiger partial charge in [0.1, 0.15) is 0 Å². The van der Waals surface area contributed by atoms with Crippen LogP contribution in [-0.2, 0) is 9.53 Å². The van der Waals surface area contributed by atoms with Crippen LogP contribution in [0, 0.1) is 5.92 Å². The summed E-state index contributed by atoms with van der Waals surface area (Å²) in [5.74, 6) is 0.870. The largest absolute Gasteiger partial charge is 0.377 e. The maximum Gasteiger partial charge on any atom is 0.223 e. The van der Waals surface area contributed by atoms with Crippen molar-refractivity contribution in [3.8, 4) is 0 Å². The highest BCUT2D eigenvalue weighted by molar-refractivity contribution is 5.77.